The van der Waals surface area contributed by atoms with Crippen LogP contribution in [0.4, 0.5) is 0 Å². The third kappa shape index (κ3) is 1.92. The van der Waals surface area contributed by atoms with E-state index in [1.54, 1.807) is 0 Å². The average molecular weight is 222 g/mol. The van der Waals surface area contributed by atoms with Gasteiger partial charge < -0.3 is 10.4 Å². The molecule has 4 heteroatoms. The number of carbonyl (C=O) groups is 1. The van der Waals surface area contributed by atoms with Crippen LogP contribution in [0.1, 0.15) is 38.5 Å². The normalized spacial score (nSPS) is 24.8. The van der Waals surface area contributed by atoms with Crippen molar-refractivity contribution in [1.29, 1.82) is 5.26 Å². The van der Waals surface area contributed by atoms with Crippen molar-refractivity contribution in [1.82, 2.24) is 5.32 Å². The molecule has 88 valence electrons. The largest absolute Gasteiger partial charge is 0.396 e. The van der Waals surface area contributed by atoms with E-state index in [9.17, 15) is 4.79 Å². The molecule has 0 atom stereocenters. The van der Waals surface area contributed by atoms with E-state index in [1.165, 1.54) is 0 Å². The van der Waals surface area contributed by atoms with Crippen molar-refractivity contribution in [3.05, 3.63) is 0 Å². The van der Waals surface area contributed by atoms with Crippen molar-refractivity contribution in [2.75, 3.05) is 13.2 Å². The molecule has 2 saturated carbocycles. The molecule has 2 rings (SSSR count). The third-order valence-electron chi connectivity index (χ3n) is 4.02. The number of aliphatic hydroxyl groups is 1. The van der Waals surface area contributed by atoms with Crippen molar-refractivity contribution >= 4 is 5.91 Å². The molecule has 0 saturated heterocycles. The van der Waals surface area contributed by atoms with Gasteiger partial charge in [0.25, 0.3) is 0 Å². The number of nitrogens with one attached hydrogen (secondary N) is 1. The summed E-state index contributed by atoms with van der Waals surface area (Å²) < 4.78 is 0. The average Bonchev–Trinajstić information content (AvgIpc) is 2.94. The predicted molar refractivity (Wildman–Crippen MR) is 58.3 cm³/mol. The number of hydrogen-bond donors (Lipinski definition) is 2. The zero-order chi connectivity index (χ0) is 11.6. The molecule has 1 amide bonds. The number of rotatable bonds is 4. The van der Waals surface area contributed by atoms with Gasteiger partial charge in [-0.1, -0.05) is 12.8 Å². The van der Waals surface area contributed by atoms with E-state index in [0.29, 0.717) is 19.4 Å². The Hall–Kier alpha value is -1.08. The van der Waals surface area contributed by atoms with Crippen LogP contribution < -0.4 is 5.32 Å². The summed E-state index contributed by atoms with van der Waals surface area (Å²) in [7, 11) is 0. The molecule has 0 aliphatic heterocycles. The summed E-state index contributed by atoms with van der Waals surface area (Å²) in [5.41, 5.74) is -0.865. The molecule has 0 radical (unpaired) electrons. The molecule has 0 heterocycles. The maximum Gasteiger partial charge on any atom is 0.240 e. The fraction of sp³-hybridized carbons (Fsp3) is 0.833. The number of nitrogens with zero attached hydrogens (tertiary/aromatic N) is 1. The summed E-state index contributed by atoms with van der Waals surface area (Å²) in [6, 6.07) is 2.18. The zero-order valence-electron chi connectivity index (χ0n) is 9.46. The van der Waals surface area contributed by atoms with Crippen LogP contribution in [-0.4, -0.2) is 24.2 Å². The Bertz CT molecular complexity index is 322. The Morgan fingerprint density at radius 2 is 1.94 bits per heavy atom. The minimum absolute atomic E-state index is 0.0785. The van der Waals surface area contributed by atoms with Gasteiger partial charge in [0, 0.05) is 12.0 Å². The van der Waals surface area contributed by atoms with E-state index < -0.39 is 5.41 Å². The van der Waals surface area contributed by atoms with Gasteiger partial charge in [-0.15, -0.1) is 0 Å². The van der Waals surface area contributed by atoms with E-state index in [1.807, 2.05) is 0 Å². The second kappa shape index (κ2) is 4.06. The molecule has 0 spiro atoms. The first kappa shape index (κ1) is 11.4. The molecule has 4 nitrogen and oxygen atoms in total. The summed E-state index contributed by atoms with van der Waals surface area (Å²) in [5, 5.41) is 21.1. The zero-order valence-corrected chi connectivity index (χ0v) is 9.46. The Morgan fingerprint density at radius 3 is 2.38 bits per heavy atom. The monoisotopic (exact) mass is 222 g/mol. The molecule has 2 fully saturated rings. The summed E-state index contributed by atoms with van der Waals surface area (Å²) >= 11 is 0. The van der Waals surface area contributed by atoms with Crippen LogP contribution >= 0.6 is 0 Å². The molecule has 2 aliphatic carbocycles. The Morgan fingerprint density at radius 1 is 1.31 bits per heavy atom. The van der Waals surface area contributed by atoms with Crippen LogP contribution in [0.25, 0.3) is 0 Å². The van der Waals surface area contributed by atoms with Gasteiger partial charge in [-0.2, -0.15) is 5.26 Å². The van der Waals surface area contributed by atoms with E-state index in [0.717, 1.165) is 25.7 Å². The van der Waals surface area contributed by atoms with Crippen LogP contribution in [0.3, 0.4) is 0 Å². The molecule has 0 aromatic carbocycles. The van der Waals surface area contributed by atoms with Crippen molar-refractivity contribution in [2.24, 2.45) is 10.8 Å². The summed E-state index contributed by atoms with van der Waals surface area (Å²) in [4.78, 5) is 12.0. The van der Waals surface area contributed by atoms with Gasteiger partial charge in [0.05, 0.1) is 12.7 Å². The van der Waals surface area contributed by atoms with Crippen LogP contribution in [-0.2, 0) is 4.79 Å². The lowest BCUT2D eigenvalue weighted by Crippen LogP contribution is -2.41. The molecular formula is C12H18N2O2. The number of hydrogen-bond acceptors (Lipinski definition) is 3. The SMILES string of the molecule is N#CC1(C(=O)NCC2(CO)CC2)CCCC1. The molecule has 0 bridgehead atoms. The number of aliphatic hydroxyl groups excluding tert-OH is 1. The van der Waals surface area contributed by atoms with Gasteiger partial charge in [-0.05, 0) is 25.7 Å². The summed E-state index contributed by atoms with van der Waals surface area (Å²) in [5.74, 6) is -0.132. The second-order valence-electron chi connectivity index (χ2n) is 5.24. The van der Waals surface area contributed by atoms with Crippen LogP contribution in [0.15, 0.2) is 0 Å². The molecule has 0 aromatic rings. The fourth-order valence-electron chi connectivity index (χ4n) is 2.37. The van der Waals surface area contributed by atoms with Crippen molar-refractivity contribution in [2.45, 2.75) is 38.5 Å². The first-order chi connectivity index (χ1) is 7.66. The van der Waals surface area contributed by atoms with Gasteiger partial charge in [-0.25, -0.2) is 0 Å². The second-order valence-corrected chi connectivity index (χ2v) is 5.24. The minimum Gasteiger partial charge on any atom is -0.396 e. The summed E-state index contributed by atoms with van der Waals surface area (Å²) in [6.07, 6.45) is 5.24. The number of carbonyl (C=O) groups excluding carboxylic acids is 1. The van der Waals surface area contributed by atoms with Gasteiger partial charge >= 0.3 is 0 Å². The molecule has 0 unspecified atom stereocenters. The smallest absolute Gasteiger partial charge is 0.240 e. The topological polar surface area (TPSA) is 73.1 Å². The summed E-state index contributed by atoms with van der Waals surface area (Å²) in [6.45, 7) is 0.651. The van der Waals surface area contributed by atoms with Crippen LogP contribution in [0.5, 0.6) is 0 Å². The minimum atomic E-state index is -0.786. The quantitative estimate of drug-likeness (QED) is 0.744. The van der Waals surface area contributed by atoms with Crippen LogP contribution in [0.2, 0.25) is 0 Å². The molecular weight excluding hydrogens is 204 g/mol. The maximum absolute atomic E-state index is 12.0. The van der Waals surface area contributed by atoms with Crippen molar-refractivity contribution < 1.29 is 9.90 Å². The highest BCUT2D eigenvalue weighted by Gasteiger charge is 2.45. The lowest BCUT2D eigenvalue weighted by atomic mass is 9.87. The standard InChI is InChI=1S/C12H18N2O2/c13-7-12(3-1-2-4-12)10(16)14-8-11(9-15)5-6-11/h15H,1-6,8-9H2,(H,14,16). The lowest BCUT2D eigenvalue weighted by Gasteiger charge is -2.21. The number of nitriles is 1. The predicted octanol–water partition coefficient (Wildman–Crippen LogP) is 0.959. The molecule has 16 heavy (non-hydrogen) atoms. The van der Waals surface area contributed by atoms with Gasteiger partial charge in [0.1, 0.15) is 5.41 Å². The fourth-order valence-corrected chi connectivity index (χ4v) is 2.37. The van der Waals surface area contributed by atoms with E-state index in [-0.39, 0.29) is 17.9 Å². The highest BCUT2D eigenvalue weighted by atomic mass is 16.3. The molecule has 0 aromatic heterocycles. The maximum atomic E-state index is 12.0. The molecule has 2 aliphatic rings. The van der Waals surface area contributed by atoms with Crippen LogP contribution in [0, 0.1) is 22.2 Å². The number of amides is 1. The first-order valence-corrected chi connectivity index (χ1v) is 5.97. The van der Waals surface area contributed by atoms with Gasteiger partial charge in [0.15, 0.2) is 0 Å². The highest BCUT2D eigenvalue weighted by molar-refractivity contribution is 5.85. The van der Waals surface area contributed by atoms with Crippen molar-refractivity contribution in [3.63, 3.8) is 0 Å². The third-order valence-corrected chi connectivity index (χ3v) is 4.02. The van der Waals surface area contributed by atoms with Crippen molar-refractivity contribution in [3.8, 4) is 6.07 Å². The van der Waals surface area contributed by atoms with E-state index in [2.05, 4.69) is 11.4 Å². The van der Waals surface area contributed by atoms with E-state index in [4.69, 9.17) is 10.4 Å². The van der Waals surface area contributed by atoms with Gasteiger partial charge in [0.2, 0.25) is 5.91 Å². The van der Waals surface area contributed by atoms with Gasteiger partial charge in [-0.3, -0.25) is 4.79 Å². The first-order valence-electron chi connectivity index (χ1n) is 5.97. The Labute approximate surface area is 95.6 Å². The molecule has 2 N–H and O–H groups in total. The highest BCUT2D eigenvalue weighted by Crippen LogP contribution is 2.45. The Balaban J connectivity index is 1.90. The van der Waals surface area contributed by atoms with E-state index >= 15 is 0 Å². The Kier molecular flexibility index (Phi) is 2.90. The lowest BCUT2D eigenvalue weighted by molar-refractivity contribution is -0.128.